The topological polar surface area (TPSA) is 240 Å². The van der Waals surface area contributed by atoms with Gasteiger partial charge in [-0.1, -0.05) is 156 Å². The van der Waals surface area contributed by atoms with E-state index >= 15 is 17.6 Å². The third-order valence-electron chi connectivity index (χ3n) is 15.8. The van der Waals surface area contributed by atoms with Crippen LogP contribution in [0, 0.1) is 23.3 Å². The molecular weight excluding hydrogens is 1650 g/mol. The molecule has 0 bridgehead atoms. The average Bonchev–Trinajstić information content (AvgIpc) is 1.54. The monoisotopic (exact) mass is 1740 g/mol. The molecule has 0 amide bonds. The van der Waals surface area contributed by atoms with Crippen molar-refractivity contribution in [3.05, 3.63) is 88.1 Å². The van der Waals surface area contributed by atoms with Gasteiger partial charge in [0.15, 0.2) is 23.3 Å². The zero-order chi connectivity index (χ0) is 73.5. The van der Waals surface area contributed by atoms with E-state index in [9.17, 15) is 16.8 Å². The van der Waals surface area contributed by atoms with Gasteiger partial charge in [0.05, 0.1) is 64.8 Å². The molecule has 6 heterocycles. The number of aliphatic hydroxyl groups excluding tert-OH is 2. The SMILES string of the molecule is CCCCCCCCCCN.CCCCCCCCCCNS(=O)(=O)CCc1cc(-c2c(F)c(F)c(-c3cc(CCS(=O)(=O)NCCCCCCCCCC)c(Br)s3)c3nsnc23)sc1Br.O=S(Cl)Cl.OCCc1csc(-c2c(F)c(F)c(-c3cc(CCO)cs3)c3nsnc23)c1.[B]=NS. The molecule has 0 aliphatic carbocycles. The molecule has 0 spiro atoms. The molecular formula is C66H92BBr2Cl2F4N8O7S10. The second kappa shape index (κ2) is 50.7. The van der Waals surface area contributed by atoms with Crippen LogP contribution in [0.2, 0.25) is 0 Å². The van der Waals surface area contributed by atoms with E-state index < -0.39 is 52.5 Å². The van der Waals surface area contributed by atoms with Crippen molar-refractivity contribution >= 4 is 194 Å². The van der Waals surface area contributed by atoms with E-state index in [-0.39, 0.29) is 70.8 Å². The van der Waals surface area contributed by atoms with Crippen LogP contribution in [0.15, 0.2) is 46.9 Å². The van der Waals surface area contributed by atoms with E-state index in [4.69, 9.17) is 20.2 Å². The number of aliphatic hydroxyl groups is 2. The molecule has 0 aliphatic heterocycles. The van der Waals surface area contributed by atoms with Crippen molar-refractivity contribution in [3.63, 3.8) is 0 Å². The van der Waals surface area contributed by atoms with Crippen molar-refractivity contribution in [1.82, 2.24) is 26.9 Å². The van der Waals surface area contributed by atoms with Crippen LogP contribution in [-0.4, -0.2) is 101 Å². The number of benzene rings is 2. The van der Waals surface area contributed by atoms with Crippen LogP contribution in [0.25, 0.3) is 63.8 Å². The zero-order valence-electron chi connectivity index (χ0n) is 56.7. The van der Waals surface area contributed by atoms with E-state index in [1.54, 1.807) is 24.3 Å². The van der Waals surface area contributed by atoms with Gasteiger partial charge in [-0.15, -0.1) is 45.3 Å². The Morgan fingerprint density at radius 2 is 0.800 bits per heavy atom. The number of aromatic nitrogens is 4. The molecule has 557 valence electrons. The number of thiol groups is 1. The number of thiophene rings is 4. The van der Waals surface area contributed by atoms with E-state index in [2.05, 4.69) is 126 Å². The maximum atomic E-state index is 16.1. The fourth-order valence-corrected chi connectivity index (χ4v) is 19.5. The minimum atomic E-state index is -3.52. The average molecular weight is 1750 g/mol. The number of rotatable bonds is 42. The van der Waals surface area contributed by atoms with Gasteiger partial charge in [-0.05, 0) is 141 Å². The number of nitrogens with one attached hydrogen (secondary N) is 2. The van der Waals surface area contributed by atoms with Crippen LogP contribution in [0.1, 0.15) is 197 Å². The molecule has 2 aromatic carbocycles. The van der Waals surface area contributed by atoms with Gasteiger partial charge in [0.2, 0.25) is 29.3 Å². The van der Waals surface area contributed by atoms with Crippen LogP contribution in [0.5, 0.6) is 0 Å². The summed E-state index contributed by atoms with van der Waals surface area (Å²) in [4.78, 5) is 1.94. The van der Waals surface area contributed by atoms with Gasteiger partial charge in [-0.3, -0.25) is 0 Å². The van der Waals surface area contributed by atoms with Crippen LogP contribution in [-0.2, 0) is 55.0 Å². The summed E-state index contributed by atoms with van der Waals surface area (Å²) >= 11 is 16.9. The normalized spacial score (nSPS) is 11.6. The van der Waals surface area contributed by atoms with Gasteiger partial charge in [-0.25, -0.2) is 48.1 Å². The predicted octanol–water partition coefficient (Wildman–Crippen LogP) is 21.0. The molecule has 1 radical (unpaired) electrons. The Kier molecular flexibility index (Phi) is 45.9. The Balaban J connectivity index is 0.000000384. The molecule has 8 rings (SSSR count). The zero-order valence-corrected chi connectivity index (χ0v) is 69.6. The van der Waals surface area contributed by atoms with Crippen molar-refractivity contribution < 1.29 is 48.8 Å². The summed E-state index contributed by atoms with van der Waals surface area (Å²) < 4.78 is 149. The Morgan fingerprint density at radius 3 is 1.09 bits per heavy atom. The number of sulfonamides is 2. The molecule has 6 aromatic heterocycles. The first kappa shape index (κ1) is 90.6. The van der Waals surface area contributed by atoms with E-state index in [0.717, 1.165) is 79.7 Å². The number of aryl methyl sites for hydroxylation is 2. The van der Waals surface area contributed by atoms with Gasteiger partial charge in [0.1, 0.15) is 22.1 Å². The second-order valence-electron chi connectivity index (χ2n) is 23.5. The summed E-state index contributed by atoms with van der Waals surface area (Å²) in [5.41, 5.74) is 9.73. The summed E-state index contributed by atoms with van der Waals surface area (Å²) in [6, 6.07) is 6.87. The third-order valence-corrected chi connectivity index (χ3v) is 25.6. The molecule has 100 heavy (non-hydrogen) atoms. The summed E-state index contributed by atoms with van der Waals surface area (Å²) in [5.74, 6) is -4.30. The van der Waals surface area contributed by atoms with Crippen molar-refractivity contribution in [1.29, 1.82) is 0 Å². The number of hydrogen-bond acceptors (Lipinski definition) is 20. The van der Waals surface area contributed by atoms with Gasteiger partial charge in [0, 0.05) is 67.2 Å². The Bertz CT molecular complexity index is 3710. The van der Waals surface area contributed by atoms with Gasteiger partial charge < -0.3 is 15.9 Å². The molecule has 0 atom stereocenters. The van der Waals surface area contributed by atoms with Gasteiger partial charge in [0.25, 0.3) is 0 Å². The van der Waals surface area contributed by atoms with Crippen LogP contribution >= 0.6 is 135 Å². The second-order valence-corrected chi connectivity index (χ2v) is 37.8. The van der Waals surface area contributed by atoms with E-state index in [1.807, 2.05) is 10.8 Å². The molecule has 15 nitrogen and oxygen atoms in total. The van der Waals surface area contributed by atoms with Crippen LogP contribution < -0.4 is 15.2 Å². The number of hydrogen-bond donors (Lipinski definition) is 6. The molecule has 0 fully saturated rings. The van der Waals surface area contributed by atoms with Crippen LogP contribution in [0.3, 0.4) is 0 Å². The molecule has 0 unspecified atom stereocenters. The summed E-state index contributed by atoms with van der Waals surface area (Å²) in [6.45, 7) is 8.30. The first-order valence-electron chi connectivity index (χ1n) is 33.7. The van der Waals surface area contributed by atoms with Crippen LogP contribution in [0.4, 0.5) is 17.6 Å². The number of nitrogens with two attached hydrogens (primary N) is 1. The standard InChI is InChI=1S/C38H54Br2F2N4O4S5.C18H14F2N2O2S3.C10H23N.BHNS.Cl2OS/c1-3-5-7-9-11-13-15-17-21-43-54(47,48)23-19-27-25-29(51-37(27)39)31-33(41)34(42)32(36-35(31)45-53-46-36)30-26-28(38(40)52-30)20-24-55(49,50)44-22-18-16-14-12-10-8-6-4-2;19-15-13(11-5-9(1-3-23)7-25-11)17-18(22-27-21-17)14(16(15)20)12-6-10(2-4-24)8-26-12;1-2-3-4-5-6-7-8-9-10-11;1-2-3;1-4(2)3/h25-26,43-44H,3-24H2,1-2H3;5-8,23-24H,1-4H2;2-11H2,1H3;3H;. The first-order valence-corrected chi connectivity index (χ1v) is 46.7. The summed E-state index contributed by atoms with van der Waals surface area (Å²) in [7, 11) is 4.66. The third kappa shape index (κ3) is 31.6. The number of fused-ring (bicyclic) bond motifs is 2. The summed E-state index contributed by atoms with van der Waals surface area (Å²) in [6.07, 6.45) is 30.3. The summed E-state index contributed by atoms with van der Waals surface area (Å²) in [5, 5.41) is 21.8. The Hall–Kier alpha value is -1.80. The molecule has 0 saturated heterocycles. The number of halogens is 8. The predicted molar refractivity (Wildman–Crippen MR) is 430 cm³/mol. The molecule has 0 saturated carbocycles. The van der Waals surface area contributed by atoms with Crippen molar-refractivity contribution in [2.24, 2.45) is 10.0 Å². The Labute approximate surface area is 648 Å². The van der Waals surface area contributed by atoms with Gasteiger partial charge in [-0.2, -0.15) is 17.5 Å². The number of unbranched alkanes of at least 4 members (excludes halogenated alkanes) is 21. The van der Waals surface area contributed by atoms with Gasteiger partial charge >= 0.3 is 24.8 Å². The number of nitrogens with zero attached hydrogens (tertiary/aromatic N) is 5. The molecule has 8 aromatic rings. The van der Waals surface area contributed by atoms with Crippen molar-refractivity contribution in [2.75, 3.05) is 44.4 Å². The van der Waals surface area contributed by atoms with Crippen molar-refractivity contribution in [2.45, 2.75) is 201 Å². The molecule has 34 heteroatoms. The van der Waals surface area contributed by atoms with Crippen molar-refractivity contribution in [3.8, 4) is 41.8 Å². The quantitative estimate of drug-likeness (QED) is 0.00689. The fraction of sp³-hybridized carbons (Fsp3) is 0.576. The van der Waals surface area contributed by atoms with E-state index in [1.165, 1.54) is 161 Å². The fourth-order valence-electron chi connectivity index (χ4n) is 10.6. The minimum absolute atomic E-state index is 0.00578. The first-order chi connectivity index (χ1) is 48.1. The molecule has 6 N–H and O–H groups in total. The Morgan fingerprint density at radius 1 is 0.520 bits per heavy atom. The maximum absolute atomic E-state index is 16.1. The molecule has 0 aliphatic rings. The van der Waals surface area contributed by atoms with E-state index in [0.29, 0.717) is 75.2 Å².